The number of rotatable bonds is 4. The lowest BCUT2D eigenvalue weighted by Gasteiger charge is -2.06. The number of hydrogen-bond donors (Lipinski definition) is 2. The van der Waals surface area contributed by atoms with Crippen LogP contribution in [0.25, 0.3) is 11.3 Å². The molecule has 0 aliphatic rings. The molecular formula is C15H16N6. The van der Waals surface area contributed by atoms with Crippen molar-refractivity contribution in [2.24, 2.45) is 0 Å². The molecule has 21 heavy (non-hydrogen) atoms. The number of nitrogens with zero attached hydrogens (tertiary/aromatic N) is 4. The van der Waals surface area contributed by atoms with Crippen LogP contribution < -0.4 is 5.32 Å². The second-order valence-electron chi connectivity index (χ2n) is 4.83. The monoisotopic (exact) mass is 280 g/mol. The highest BCUT2D eigenvalue weighted by Gasteiger charge is 2.02. The molecule has 1 aromatic carbocycles. The molecule has 6 nitrogen and oxygen atoms in total. The Morgan fingerprint density at radius 1 is 1.00 bits per heavy atom. The molecule has 0 radical (unpaired) electrons. The van der Waals surface area contributed by atoms with Crippen molar-refractivity contribution in [1.82, 2.24) is 25.4 Å². The van der Waals surface area contributed by atoms with E-state index in [1.54, 1.807) is 6.20 Å². The Hall–Kier alpha value is -2.76. The van der Waals surface area contributed by atoms with Crippen LogP contribution >= 0.6 is 0 Å². The summed E-state index contributed by atoms with van der Waals surface area (Å²) in [5.41, 5.74) is 5.02. The first-order valence-corrected chi connectivity index (χ1v) is 6.73. The van der Waals surface area contributed by atoms with Crippen molar-refractivity contribution in [3.8, 4) is 11.3 Å². The maximum absolute atomic E-state index is 4.35. The van der Waals surface area contributed by atoms with E-state index in [9.17, 15) is 0 Å². The van der Waals surface area contributed by atoms with Gasteiger partial charge in [0.1, 0.15) is 0 Å². The predicted molar refractivity (Wildman–Crippen MR) is 80.7 cm³/mol. The van der Waals surface area contributed by atoms with Crippen LogP contribution in [0.5, 0.6) is 0 Å². The van der Waals surface area contributed by atoms with Gasteiger partial charge in [0.15, 0.2) is 0 Å². The zero-order chi connectivity index (χ0) is 14.7. The van der Waals surface area contributed by atoms with Crippen molar-refractivity contribution in [3.63, 3.8) is 0 Å². The summed E-state index contributed by atoms with van der Waals surface area (Å²) < 4.78 is 0. The predicted octanol–water partition coefficient (Wildman–Crippen LogP) is 2.49. The van der Waals surface area contributed by atoms with Gasteiger partial charge < -0.3 is 5.32 Å². The maximum Gasteiger partial charge on any atom is 0.243 e. The van der Waals surface area contributed by atoms with E-state index in [2.05, 4.69) is 55.0 Å². The topological polar surface area (TPSA) is 79.4 Å². The summed E-state index contributed by atoms with van der Waals surface area (Å²) >= 11 is 0. The summed E-state index contributed by atoms with van der Waals surface area (Å²) in [7, 11) is 0. The average Bonchev–Trinajstić information content (AvgIpc) is 3.03. The Labute approximate surface area is 122 Å². The van der Waals surface area contributed by atoms with Crippen molar-refractivity contribution in [2.75, 3.05) is 5.32 Å². The molecule has 106 valence electrons. The van der Waals surface area contributed by atoms with Crippen LogP contribution in [-0.2, 0) is 6.54 Å². The van der Waals surface area contributed by atoms with Gasteiger partial charge in [0.05, 0.1) is 17.1 Å². The summed E-state index contributed by atoms with van der Waals surface area (Å²) in [4.78, 5) is 4.35. The molecule has 0 amide bonds. The molecule has 0 unspecified atom stereocenters. The Bertz CT molecular complexity index is 718. The number of H-pyrrole nitrogens is 1. The van der Waals surface area contributed by atoms with E-state index >= 15 is 0 Å². The van der Waals surface area contributed by atoms with E-state index in [1.807, 2.05) is 19.9 Å². The lowest BCUT2D eigenvalue weighted by molar-refractivity contribution is 0.885. The molecular weight excluding hydrogens is 264 g/mol. The lowest BCUT2D eigenvalue weighted by atomic mass is 10.1. The SMILES string of the molecule is Cc1nnc(NCc2ccc(-c3ccn[nH]3)cc2)nc1C. The highest BCUT2D eigenvalue weighted by Crippen LogP contribution is 2.17. The Morgan fingerprint density at radius 3 is 2.48 bits per heavy atom. The molecule has 0 atom stereocenters. The summed E-state index contributed by atoms with van der Waals surface area (Å²) in [6.07, 6.45) is 1.74. The smallest absolute Gasteiger partial charge is 0.243 e. The third kappa shape index (κ3) is 3.05. The molecule has 2 aromatic heterocycles. The van der Waals surface area contributed by atoms with Gasteiger partial charge in [-0.2, -0.15) is 10.2 Å². The second-order valence-corrected chi connectivity index (χ2v) is 4.83. The van der Waals surface area contributed by atoms with Gasteiger partial charge in [0.25, 0.3) is 0 Å². The van der Waals surface area contributed by atoms with E-state index in [4.69, 9.17) is 0 Å². The molecule has 2 N–H and O–H groups in total. The first kappa shape index (κ1) is 13.2. The highest BCUT2D eigenvalue weighted by atomic mass is 15.2. The minimum Gasteiger partial charge on any atom is -0.349 e. The second kappa shape index (κ2) is 5.70. The molecule has 3 rings (SSSR count). The number of aromatic nitrogens is 5. The van der Waals surface area contributed by atoms with Crippen molar-refractivity contribution in [2.45, 2.75) is 20.4 Å². The molecule has 6 heteroatoms. The minimum atomic E-state index is 0.552. The molecule has 0 saturated heterocycles. The van der Waals surface area contributed by atoms with E-state index in [0.29, 0.717) is 12.5 Å². The number of nitrogens with one attached hydrogen (secondary N) is 2. The fourth-order valence-electron chi connectivity index (χ4n) is 1.93. The number of aryl methyl sites for hydroxylation is 2. The Morgan fingerprint density at radius 2 is 1.81 bits per heavy atom. The zero-order valence-corrected chi connectivity index (χ0v) is 12.0. The summed E-state index contributed by atoms with van der Waals surface area (Å²) in [6, 6.07) is 10.2. The van der Waals surface area contributed by atoms with Crippen molar-refractivity contribution in [1.29, 1.82) is 0 Å². The van der Waals surface area contributed by atoms with Crippen molar-refractivity contribution >= 4 is 5.95 Å². The van der Waals surface area contributed by atoms with E-state index in [1.165, 1.54) is 0 Å². The van der Waals surface area contributed by atoms with Gasteiger partial charge in [0, 0.05) is 12.7 Å². The summed E-state index contributed by atoms with van der Waals surface area (Å²) in [5, 5.41) is 18.2. The summed E-state index contributed by atoms with van der Waals surface area (Å²) in [6.45, 7) is 4.48. The first-order valence-electron chi connectivity index (χ1n) is 6.73. The number of aromatic amines is 1. The van der Waals surface area contributed by atoms with E-state index in [0.717, 1.165) is 28.2 Å². The van der Waals surface area contributed by atoms with Gasteiger partial charge in [-0.25, -0.2) is 4.98 Å². The number of benzene rings is 1. The third-order valence-electron chi connectivity index (χ3n) is 3.31. The molecule has 0 saturated carbocycles. The van der Waals surface area contributed by atoms with Crippen molar-refractivity contribution in [3.05, 3.63) is 53.5 Å². The van der Waals surface area contributed by atoms with Crippen molar-refractivity contribution < 1.29 is 0 Å². The Balaban J connectivity index is 1.66. The van der Waals surface area contributed by atoms with Crippen LogP contribution in [0.3, 0.4) is 0 Å². The minimum absolute atomic E-state index is 0.552. The lowest BCUT2D eigenvalue weighted by Crippen LogP contribution is -2.06. The van der Waals surface area contributed by atoms with Gasteiger partial charge in [0.2, 0.25) is 5.95 Å². The number of hydrogen-bond acceptors (Lipinski definition) is 5. The van der Waals surface area contributed by atoms with E-state index in [-0.39, 0.29) is 0 Å². The Kier molecular flexibility index (Phi) is 3.59. The maximum atomic E-state index is 4.35. The largest absolute Gasteiger partial charge is 0.349 e. The van der Waals surface area contributed by atoms with Gasteiger partial charge in [-0.1, -0.05) is 24.3 Å². The van der Waals surface area contributed by atoms with Crippen LogP contribution in [0.2, 0.25) is 0 Å². The molecule has 0 spiro atoms. The van der Waals surface area contributed by atoms with Crippen LogP contribution in [-0.4, -0.2) is 25.4 Å². The molecule has 0 fully saturated rings. The highest BCUT2D eigenvalue weighted by molar-refractivity contribution is 5.58. The summed E-state index contributed by atoms with van der Waals surface area (Å²) in [5.74, 6) is 0.552. The fraction of sp³-hybridized carbons (Fsp3) is 0.200. The molecule has 2 heterocycles. The molecule has 0 bridgehead atoms. The van der Waals surface area contributed by atoms with Gasteiger partial charge in [-0.15, -0.1) is 5.10 Å². The fourth-order valence-corrected chi connectivity index (χ4v) is 1.93. The quantitative estimate of drug-likeness (QED) is 0.767. The molecule has 0 aliphatic heterocycles. The standard InChI is InChI=1S/C15H16N6/c1-10-11(2)19-21-15(18-10)16-9-12-3-5-13(6-4-12)14-7-8-17-20-14/h3-8H,9H2,1-2H3,(H,17,20)(H,16,18,21). The molecule has 0 aliphatic carbocycles. The van der Waals surface area contributed by atoms with Crippen LogP contribution in [0.4, 0.5) is 5.95 Å². The van der Waals surface area contributed by atoms with Crippen LogP contribution in [0.1, 0.15) is 17.0 Å². The van der Waals surface area contributed by atoms with Gasteiger partial charge in [-0.3, -0.25) is 5.10 Å². The first-order chi connectivity index (χ1) is 10.2. The van der Waals surface area contributed by atoms with Gasteiger partial charge >= 0.3 is 0 Å². The van der Waals surface area contributed by atoms with Crippen LogP contribution in [0.15, 0.2) is 36.5 Å². The number of anilines is 1. The van der Waals surface area contributed by atoms with Gasteiger partial charge in [-0.05, 0) is 31.0 Å². The average molecular weight is 280 g/mol. The third-order valence-corrected chi connectivity index (χ3v) is 3.31. The van der Waals surface area contributed by atoms with Crippen LogP contribution in [0, 0.1) is 13.8 Å². The normalized spacial score (nSPS) is 10.6. The molecule has 3 aromatic rings. The van der Waals surface area contributed by atoms with E-state index < -0.39 is 0 Å². The zero-order valence-electron chi connectivity index (χ0n) is 12.0.